The van der Waals surface area contributed by atoms with Gasteiger partial charge in [-0.3, -0.25) is 9.69 Å². The summed E-state index contributed by atoms with van der Waals surface area (Å²) in [5.41, 5.74) is 1.94. The number of hydrogen-bond donors (Lipinski definition) is 0. The number of thiazole rings is 1. The third-order valence-electron chi connectivity index (χ3n) is 3.96. The van der Waals surface area contributed by atoms with Crippen molar-refractivity contribution in [2.24, 2.45) is 0 Å². The lowest BCUT2D eigenvalue weighted by Crippen LogP contribution is -2.25. The average molecular weight is 389 g/mol. The van der Waals surface area contributed by atoms with Crippen molar-refractivity contribution in [3.8, 4) is 11.3 Å². The molecule has 6 heteroatoms. The zero-order valence-electron chi connectivity index (χ0n) is 14.5. The lowest BCUT2D eigenvalue weighted by Gasteiger charge is -2.19. The summed E-state index contributed by atoms with van der Waals surface area (Å²) in [7, 11) is 0. The van der Waals surface area contributed by atoms with E-state index in [0.29, 0.717) is 10.2 Å². The highest BCUT2D eigenvalue weighted by atomic mass is 35.5. The van der Waals surface area contributed by atoms with Crippen LogP contribution in [0.25, 0.3) is 11.3 Å². The first-order chi connectivity index (χ1) is 12.5. The van der Waals surface area contributed by atoms with E-state index < -0.39 is 5.82 Å². The number of amides is 1. The molecule has 0 fully saturated rings. The van der Waals surface area contributed by atoms with Gasteiger partial charge in [0.25, 0.3) is 0 Å². The van der Waals surface area contributed by atoms with Gasteiger partial charge < -0.3 is 0 Å². The van der Waals surface area contributed by atoms with E-state index in [-0.39, 0.29) is 18.0 Å². The Morgan fingerprint density at radius 1 is 1.15 bits per heavy atom. The third kappa shape index (κ3) is 3.64. The number of anilines is 2. The number of hydrogen-bond acceptors (Lipinski definition) is 3. The Morgan fingerprint density at radius 2 is 1.85 bits per heavy atom. The number of rotatable bonds is 5. The molecule has 0 saturated heterocycles. The molecule has 3 rings (SSSR count). The molecular formula is C20H18ClFN2OS. The highest BCUT2D eigenvalue weighted by Crippen LogP contribution is 2.38. The summed E-state index contributed by atoms with van der Waals surface area (Å²) >= 11 is 7.38. The standard InChI is InChI=1S/C20H18ClFN2OS/c1-3-17-19(13-9-11-14(21)12-10-13)23-20(26-17)24(18(25)4-2)16-8-6-5-7-15(16)22/h5-12H,3-4H2,1-2H3. The molecule has 0 atom stereocenters. The first-order valence-electron chi connectivity index (χ1n) is 8.38. The fraction of sp³-hybridized carbons (Fsp3) is 0.200. The number of carbonyl (C=O) groups excluding carboxylic acids is 1. The fourth-order valence-corrected chi connectivity index (χ4v) is 3.82. The first kappa shape index (κ1) is 18.5. The molecule has 0 aliphatic rings. The predicted octanol–water partition coefficient (Wildman–Crippen LogP) is 6.24. The number of nitrogens with zero attached hydrogens (tertiary/aromatic N) is 2. The Morgan fingerprint density at radius 3 is 2.46 bits per heavy atom. The number of carbonyl (C=O) groups is 1. The van der Waals surface area contributed by atoms with Crippen LogP contribution in [0.3, 0.4) is 0 Å². The van der Waals surface area contributed by atoms with Gasteiger partial charge in [0.15, 0.2) is 5.13 Å². The van der Waals surface area contributed by atoms with Gasteiger partial charge in [-0.1, -0.05) is 49.7 Å². The van der Waals surface area contributed by atoms with Crippen LogP contribution < -0.4 is 4.90 Å². The Balaban J connectivity index is 2.12. The van der Waals surface area contributed by atoms with Crippen LogP contribution in [0.5, 0.6) is 0 Å². The van der Waals surface area contributed by atoms with Crippen molar-refractivity contribution in [2.75, 3.05) is 4.90 Å². The van der Waals surface area contributed by atoms with Gasteiger partial charge >= 0.3 is 0 Å². The summed E-state index contributed by atoms with van der Waals surface area (Å²) in [5, 5.41) is 1.13. The van der Waals surface area contributed by atoms with E-state index in [2.05, 4.69) is 4.98 Å². The maximum Gasteiger partial charge on any atom is 0.233 e. The minimum absolute atomic E-state index is 0.200. The second kappa shape index (κ2) is 7.98. The smallest absolute Gasteiger partial charge is 0.233 e. The van der Waals surface area contributed by atoms with Gasteiger partial charge in [-0.2, -0.15) is 0 Å². The summed E-state index contributed by atoms with van der Waals surface area (Å²) in [4.78, 5) is 19.7. The van der Waals surface area contributed by atoms with Crippen molar-refractivity contribution in [2.45, 2.75) is 26.7 Å². The third-order valence-corrected chi connectivity index (χ3v) is 5.40. The minimum atomic E-state index is -0.449. The lowest BCUT2D eigenvalue weighted by atomic mass is 10.1. The Kier molecular flexibility index (Phi) is 5.69. The maximum absolute atomic E-state index is 14.3. The monoisotopic (exact) mass is 388 g/mol. The summed E-state index contributed by atoms with van der Waals surface area (Å²) in [5.74, 6) is -0.648. The quantitative estimate of drug-likeness (QED) is 0.518. The minimum Gasteiger partial charge on any atom is -0.274 e. The summed E-state index contributed by atoms with van der Waals surface area (Å²) < 4.78 is 14.3. The maximum atomic E-state index is 14.3. The molecule has 2 aromatic carbocycles. The van der Waals surface area contributed by atoms with E-state index in [1.54, 1.807) is 37.3 Å². The van der Waals surface area contributed by atoms with Crippen LogP contribution in [0.2, 0.25) is 5.02 Å². The van der Waals surface area contributed by atoms with Gasteiger partial charge in [0.1, 0.15) is 5.82 Å². The van der Waals surface area contributed by atoms with Crippen molar-refractivity contribution in [1.82, 2.24) is 4.98 Å². The number of para-hydroxylation sites is 1. The number of aromatic nitrogens is 1. The van der Waals surface area contributed by atoms with Gasteiger partial charge in [0.2, 0.25) is 5.91 Å². The second-order valence-corrected chi connectivity index (χ2v) is 7.16. The van der Waals surface area contributed by atoms with Crippen LogP contribution in [-0.4, -0.2) is 10.9 Å². The predicted molar refractivity (Wildman–Crippen MR) is 106 cm³/mol. The highest BCUT2D eigenvalue weighted by molar-refractivity contribution is 7.16. The number of aryl methyl sites for hydroxylation is 1. The Labute approximate surface area is 161 Å². The molecule has 0 N–H and O–H groups in total. The fourth-order valence-electron chi connectivity index (χ4n) is 2.64. The van der Waals surface area contributed by atoms with Crippen molar-refractivity contribution in [3.05, 3.63) is 64.2 Å². The molecule has 1 heterocycles. The van der Waals surface area contributed by atoms with E-state index in [1.165, 1.54) is 22.3 Å². The van der Waals surface area contributed by atoms with Gasteiger partial charge in [0.05, 0.1) is 11.4 Å². The molecule has 3 aromatic rings. The van der Waals surface area contributed by atoms with Gasteiger partial charge in [-0.15, -0.1) is 11.3 Å². The molecule has 0 spiro atoms. The molecule has 0 unspecified atom stereocenters. The van der Waals surface area contributed by atoms with E-state index in [1.807, 2.05) is 19.1 Å². The van der Waals surface area contributed by atoms with E-state index in [4.69, 9.17) is 11.6 Å². The molecule has 0 aliphatic carbocycles. The molecular weight excluding hydrogens is 371 g/mol. The van der Waals surface area contributed by atoms with Crippen LogP contribution in [0, 0.1) is 5.82 Å². The van der Waals surface area contributed by atoms with E-state index in [0.717, 1.165) is 22.6 Å². The van der Waals surface area contributed by atoms with Gasteiger partial charge in [-0.25, -0.2) is 9.37 Å². The van der Waals surface area contributed by atoms with E-state index >= 15 is 0 Å². The van der Waals surface area contributed by atoms with Crippen LogP contribution >= 0.6 is 22.9 Å². The molecule has 0 bridgehead atoms. The van der Waals surface area contributed by atoms with Gasteiger partial charge in [-0.05, 0) is 30.7 Å². The molecule has 1 aromatic heterocycles. The molecule has 134 valence electrons. The Hall–Kier alpha value is -2.24. The Bertz CT molecular complexity index is 924. The average Bonchev–Trinajstić information content (AvgIpc) is 3.08. The largest absolute Gasteiger partial charge is 0.274 e. The SMILES string of the molecule is CCC(=O)N(c1nc(-c2ccc(Cl)cc2)c(CC)s1)c1ccccc1F. The van der Waals surface area contributed by atoms with Crippen molar-refractivity contribution in [3.63, 3.8) is 0 Å². The summed E-state index contributed by atoms with van der Waals surface area (Å²) in [6.07, 6.45) is 1.02. The molecule has 3 nitrogen and oxygen atoms in total. The topological polar surface area (TPSA) is 33.2 Å². The van der Waals surface area contributed by atoms with Crippen molar-refractivity contribution in [1.29, 1.82) is 0 Å². The molecule has 0 radical (unpaired) electrons. The van der Waals surface area contributed by atoms with Crippen LogP contribution in [0.4, 0.5) is 15.2 Å². The van der Waals surface area contributed by atoms with Crippen LogP contribution in [-0.2, 0) is 11.2 Å². The highest BCUT2D eigenvalue weighted by Gasteiger charge is 2.24. The van der Waals surface area contributed by atoms with Crippen molar-refractivity contribution < 1.29 is 9.18 Å². The summed E-state index contributed by atoms with van der Waals surface area (Å²) in [6, 6.07) is 13.7. The molecule has 26 heavy (non-hydrogen) atoms. The zero-order valence-corrected chi connectivity index (χ0v) is 16.1. The lowest BCUT2D eigenvalue weighted by molar-refractivity contribution is -0.117. The van der Waals surface area contributed by atoms with Gasteiger partial charge in [0, 0.05) is 21.9 Å². The molecule has 1 amide bonds. The zero-order chi connectivity index (χ0) is 18.7. The first-order valence-corrected chi connectivity index (χ1v) is 9.57. The number of halogens is 2. The normalized spacial score (nSPS) is 10.8. The van der Waals surface area contributed by atoms with Crippen LogP contribution in [0.15, 0.2) is 48.5 Å². The van der Waals surface area contributed by atoms with Crippen molar-refractivity contribution >= 4 is 39.7 Å². The number of benzene rings is 2. The van der Waals surface area contributed by atoms with E-state index in [9.17, 15) is 9.18 Å². The van der Waals surface area contributed by atoms with Crippen LogP contribution in [0.1, 0.15) is 25.1 Å². The second-order valence-electron chi connectivity index (χ2n) is 5.66. The summed E-state index contributed by atoms with van der Waals surface area (Å²) in [6.45, 7) is 3.79. The molecule has 0 aliphatic heterocycles. The molecule has 0 saturated carbocycles.